The lowest BCUT2D eigenvalue weighted by atomic mass is 10.3. The molecular weight excluding hydrogens is 430 g/mol. The van der Waals surface area contributed by atoms with E-state index in [0.29, 0.717) is 0 Å². The minimum absolute atomic E-state index is 0.000296. The highest BCUT2D eigenvalue weighted by Crippen LogP contribution is 2.21. The molecule has 0 atom stereocenters. The second-order valence-corrected chi connectivity index (χ2v) is 5.74. The second kappa shape index (κ2) is 9.62. The summed E-state index contributed by atoms with van der Waals surface area (Å²) in [6.45, 7) is 0. The molecule has 32 heavy (non-hydrogen) atoms. The van der Waals surface area contributed by atoms with E-state index in [4.69, 9.17) is 18.9 Å². The molecular formula is C19H11N3O10. The van der Waals surface area contributed by atoms with Crippen molar-refractivity contribution in [2.24, 2.45) is 0 Å². The third-order valence-corrected chi connectivity index (χ3v) is 3.59. The Bertz CT molecular complexity index is 1070. The molecule has 2 aromatic carbocycles. The van der Waals surface area contributed by atoms with Gasteiger partial charge in [0, 0.05) is 36.5 Å². The van der Waals surface area contributed by atoms with Gasteiger partial charge >= 0.3 is 12.3 Å². The topological polar surface area (TPSA) is 170 Å². The first kappa shape index (κ1) is 21.6. The van der Waals surface area contributed by atoms with Crippen molar-refractivity contribution in [2.75, 3.05) is 0 Å². The lowest BCUT2D eigenvalue weighted by Gasteiger charge is -2.07. The normalized spacial score (nSPS) is 10.0. The number of hydrogen-bond acceptors (Lipinski definition) is 11. The minimum Gasteiger partial charge on any atom is -0.395 e. The van der Waals surface area contributed by atoms with Gasteiger partial charge in [0.25, 0.3) is 11.4 Å². The zero-order chi connectivity index (χ0) is 23.1. The van der Waals surface area contributed by atoms with Crippen LogP contribution in [-0.2, 0) is 0 Å². The smallest absolute Gasteiger partial charge is 0.395 e. The molecule has 0 aliphatic carbocycles. The van der Waals surface area contributed by atoms with Gasteiger partial charge in [0.1, 0.15) is 17.2 Å². The Morgan fingerprint density at radius 1 is 0.656 bits per heavy atom. The molecule has 3 aromatic rings. The Hall–Kier alpha value is -5.07. The van der Waals surface area contributed by atoms with E-state index in [1.807, 2.05) is 0 Å². The molecule has 0 bridgehead atoms. The Balaban J connectivity index is 1.56. The Labute approximate surface area is 178 Å². The van der Waals surface area contributed by atoms with Gasteiger partial charge in [0.15, 0.2) is 0 Å². The van der Waals surface area contributed by atoms with Crippen molar-refractivity contribution in [3.8, 4) is 23.1 Å². The quantitative estimate of drug-likeness (QED) is 0.234. The zero-order valence-corrected chi connectivity index (χ0v) is 15.8. The predicted molar refractivity (Wildman–Crippen MR) is 104 cm³/mol. The van der Waals surface area contributed by atoms with Crippen LogP contribution in [0.1, 0.15) is 0 Å². The Morgan fingerprint density at radius 2 is 1.09 bits per heavy atom. The first-order valence-corrected chi connectivity index (χ1v) is 8.54. The lowest BCUT2D eigenvalue weighted by Crippen LogP contribution is -2.16. The minimum atomic E-state index is -1.18. The number of ether oxygens (including phenoxy) is 4. The van der Waals surface area contributed by atoms with Gasteiger partial charge in [0.05, 0.1) is 9.85 Å². The number of carbonyl (C=O) groups excluding carboxylic acids is 2. The van der Waals surface area contributed by atoms with Gasteiger partial charge in [0.2, 0.25) is 5.88 Å². The van der Waals surface area contributed by atoms with Crippen LogP contribution >= 0.6 is 0 Å². The van der Waals surface area contributed by atoms with Crippen molar-refractivity contribution in [1.29, 1.82) is 0 Å². The Kier molecular flexibility index (Phi) is 6.50. The lowest BCUT2D eigenvalue weighted by molar-refractivity contribution is -0.385. The number of pyridine rings is 1. The highest BCUT2D eigenvalue weighted by Gasteiger charge is 2.14. The molecule has 1 heterocycles. The second-order valence-electron chi connectivity index (χ2n) is 5.74. The maximum absolute atomic E-state index is 11.9. The third-order valence-electron chi connectivity index (χ3n) is 3.59. The molecule has 162 valence electrons. The van der Waals surface area contributed by atoms with Gasteiger partial charge in [-0.05, 0) is 30.3 Å². The summed E-state index contributed by atoms with van der Waals surface area (Å²) >= 11 is 0. The molecule has 3 rings (SSSR count). The number of nitro groups is 2. The van der Waals surface area contributed by atoms with Crippen molar-refractivity contribution >= 4 is 23.7 Å². The van der Waals surface area contributed by atoms with Crippen LogP contribution < -0.4 is 18.9 Å². The molecule has 0 N–H and O–H groups in total. The van der Waals surface area contributed by atoms with Crippen molar-refractivity contribution in [1.82, 2.24) is 4.98 Å². The van der Waals surface area contributed by atoms with Gasteiger partial charge < -0.3 is 18.9 Å². The van der Waals surface area contributed by atoms with E-state index >= 15 is 0 Å². The summed E-state index contributed by atoms with van der Waals surface area (Å²) < 4.78 is 19.6. The summed E-state index contributed by atoms with van der Waals surface area (Å²) in [5, 5.41) is 21.2. The fourth-order valence-electron chi connectivity index (χ4n) is 2.20. The van der Waals surface area contributed by atoms with E-state index in [0.717, 1.165) is 30.3 Å². The maximum Gasteiger partial charge on any atom is 0.520 e. The summed E-state index contributed by atoms with van der Waals surface area (Å²) in [6, 6.07) is 11.8. The summed E-state index contributed by atoms with van der Waals surface area (Å²) in [4.78, 5) is 47.5. The molecule has 0 saturated carbocycles. The van der Waals surface area contributed by atoms with Gasteiger partial charge in [-0.1, -0.05) is 0 Å². The average Bonchev–Trinajstić information content (AvgIpc) is 2.74. The van der Waals surface area contributed by atoms with E-state index in [9.17, 15) is 29.8 Å². The monoisotopic (exact) mass is 441 g/mol. The molecule has 13 nitrogen and oxygen atoms in total. The van der Waals surface area contributed by atoms with E-state index in [1.165, 1.54) is 36.5 Å². The zero-order valence-electron chi connectivity index (χ0n) is 15.8. The Morgan fingerprint density at radius 3 is 1.56 bits per heavy atom. The van der Waals surface area contributed by atoms with Crippen LogP contribution in [0.25, 0.3) is 0 Å². The molecule has 1 aromatic heterocycles. The van der Waals surface area contributed by atoms with Crippen LogP contribution in [0.3, 0.4) is 0 Å². The number of nitrogens with zero attached hydrogens (tertiary/aromatic N) is 3. The number of rotatable bonds is 6. The first-order valence-electron chi connectivity index (χ1n) is 8.54. The van der Waals surface area contributed by atoms with Crippen LogP contribution in [0.2, 0.25) is 0 Å². The number of aromatic nitrogens is 1. The maximum atomic E-state index is 11.9. The molecule has 0 unspecified atom stereocenters. The van der Waals surface area contributed by atoms with E-state index in [1.54, 1.807) is 0 Å². The first-order chi connectivity index (χ1) is 15.3. The van der Waals surface area contributed by atoms with Gasteiger partial charge in [-0.15, -0.1) is 0 Å². The largest absolute Gasteiger partial charge is 0.520 e. The molecule has 13 heteroatoms. The number of benzene rings is 2. The summed E-state index contributed by atoms with van der Waals surface area (Å²) in [6.07, 6.45) is -1.15. The number of nitro benzene ring substituents is 2. The van der Waals surface area contributed by atoms with Crippen LogP contribution in [0.15, 0.2) is 66.9 Å². The molecule has 0 radical (unpaired) electrons. The van der Waals surface area contributed by atoms with Crippen molar-refractivity contribution in [3.05, 3.63) is 87.1 Å². The van der Waals surface area contributed by atoms with Crippen molar-refractivity contribution in [2.45, 2.75) is 0 Å². The highest BCUT2D eigenvalue weighted by molar-refractivity contribution is 5.68. The van der Waals surface area contributed by atoms with Crippen molar-refractivity contribution < 1.29 is 38.4 Å². The third kappa shape index (κ3) is 5.96. The van der Waals surface area contributed by atoms with Crippen molar-refractivity contribution in [3.63, 3.8) is 0 Å². The van der Waals surface area contributed by atoms with E-state index < -0.39 is 22.2 Å². The predicted octanol–water partition coefficient (Wildman–Crippen LogP) is 4.05. The summed E-state index contributed by atoms with van der Waals surface area (Å²) in [5.41, 5.74) is -0.361. The highest BCUT2D eigenvalue weighted by atomic mass is 16.7. The SMILES string of the molecule is O=C(Oc1ccc([N+](=O)[O-])cc1)Oc1ccnc(OC(=O)Oc2ccc([N+](=O)[O-])cc2)c1. The fourth-order valence-corrected chi connectivity index (χ4v) is 2.20. The standard InChI is InChI=1S/C19H11N3O10/c23-18(29-14-5-1-12(2-6-14)21(25)26)31-16-9-10-20-17(11-16)32-19(24)30-15-7-3-13(4-8-15)22(27)28/h1-11H. The van der Waals surface area contributed by atoms with Gasteiger partial charge in [-0.3, -0.25) is 20.2 Å². The molecule has 0 saturated heterocycles. The number of carbonyl (C=O) groups is 2. The average molecular weight is 441 g/mol. The van der Waals surface area contributed by atoms with Crippen LogP contribution in [0, 0.1) is 20.2 Å². The summed E-state index contributed by atoms with van der Waals surface area (Å²) in [5.74, 6) is -0.333. The van der Waals surface area contributed by atoms with Crippen LogP contribution in [-0.4, -0.2) is 27.1 Å². The molecule has 0 aliphatic heterocycles. The molecule has 0 amide bonds. The van der Waals surface area contributed by atoms with Gasteiger partial charge in [-0.2, -0.15) is 0 Å². The number of non-ortho nitro benzene ring substituents is 2. The number of hydrogen-bond donors (Lipinski definition) is 0. The van der Waals surface area contributed by atoms with Crippen LogP contribution in [0.4, 0.5) is 21.0 Å². The molecule has 0 fully saturated rings. The van der Waals surface area contributed by atoms with Crippen LogP contribution in [0.5, 0.6) is 23.1 Å². The van der Waals surface area contributed by atoms with E-state index in [2.05, 4.69) is 4.98 Å². The van der Waals surface area contributed by atoms with Gasteiger partial charge in [-0.25, -0.2) is 14.6 Å². The fraction of sp³-hybridized carbons (Fsp3) is 0. The molecule has 0 aliphatic rings. The van der Waals surface area contributed by atoms with E-state index in [-0.39, 0.29) is 34.5 Å². The molecule has 0 spiro atoms. The summed E-state index contributed by atoms with van der Waals surface area (Å²) in [7, 11) is 0.